The van der Waals surface area contributed by atoms with Gasteiger partial charge in [0.1, 0.15) is 5.65 Å². The molecule has 0 saturated heterocycles. The fraction of sp³-hybridized carbons (Fsp3) is 0. The molecule has 4 nitrogen and oxygen atoms in total. The van der Waals surface area contributed by atoms with Crippen molar-refractivity contribution < 1.29 is 0 Å². The Morgan fingerprint density at radius 2 is 0.983 bits per heavy atom. The number of pyridine rings is 1. The largest absolute Gasteiger partial charge is 0.309 e. The standard InChI is InChI=1S/C55H30N4/c1-2-15-34(16-3-1)57-45-23-10-8-19-37(45)42-28-33(25-26-47(42)57)41-27-31-13-4-7-18-36(31)50-39-21-12-22-40-51-48(58(52(39)40)53(41)50)30-44-43-29-32-14-5-6-17-35(32)49-38-20-9-11-24-46(38)59(54(43)49)55(44)56-51/h1-30H. The molecule has 0 aliphatic rings. The first-order chi connectivity index (χ1) is 29.3. The van der Waals surface area contributed by atoms with Crippen LogP contribution in [0, 0.1) is 0 Å². The van der Waals surface area contributed by atoms with Crippen LogP contribution in [-0.2, 0) is 0 Å². The number of nitrogens with zero attached hydrogens (tertiary/aromatic N) is 4. The van der Waals surface area contributed by atoms with Gasteiger partial charge in [-0.25, -0.2) is 4.98 Å². The number of rotatable bonds is 2. The van der Waals surface area contributed by atoms with E-state index >= 15 is 0 Å². The van der Waals surface area contributed by atoms with E-state index in [1.165, 1.54) is 114 Å². The van der Waals surface area contributed by atoms with Crippen molar-refractivity contribution in [2.24, 2.45) is 0 Å². The average Bonchev–Trinajstić information content (AvgIpc) is 4.08. The summed E-state index contributed by atoms with van der Waals surface area (Å²) < 4.78 is 7.37. The summed E-state index contributed by atoms with van der Waals surface area (Å²) in [4.78, 5) is 5.72. The number of fused-ring (bicyclic) bond motifs is 19. The molecule has 0 atom stereocenters. The molecule has 4 heteroatoms. The van der Waals surface area contributed by atoms with Crippen LogP contribution in [0.3, 0.4) is 0 Å². The maximum absolute atomic E-state index is 5.72. The molecule has 0 bridgehead atoms. The van der Waals surface area contributed by atoms with Crippen molar-refractivity contribution in [3.05, 3.63) is 182 Å². The van der Waals surface area contributed by atoms with Crippen molar-refractivity contribution in [2.45, 2.75) is 0 Å². The molecule has 0 aliphatic carbocycles. The molecule has 0 aliphatic heterocycles. The second kappa shape index (κ2) is 10.5. The molecule has 6 aromatic heterocycles. The van der Waals surface area contributed by atoms with Crippen LogP contribution in [0.25, 0.3) is 137 Å². The van der Waals surface area contributed by atoms with Crippen molar-refractivity contribution in [3.8, 4) is 16.8 Å². The molecule has 270 valence electrons. The summed E-state index contributed by atoms with van der Waals surface area (Å²) in [6.45, 7) is 0. The zero-order chi connectivity index (χ0) is 38.1. The molecule has 15 aromatic rings. The van der Waals surface area contributed by atoms with Gasteiger partial charge in [0.25, 0.3) is 0 Å². The van der Waals surface area contributed by atoms with E-state index in [4.69, 9.17) is 4.98 Å². The van der Waals surface area contributed by atoms with Crippen LogP contribution >= 0.6 is 0 Å². The Kier molecular flexibility index (Phi) is 5.38. The molecule has 15 rings (SSSR count). The minimum absolute atomic E-state index is 1.01. The van der Waals surface area contributed by atoms with Gasteiger partial charge >= 0.3 is 0 Å². The van der Waals surface area contributed by atoms with Crippen LogP contribution in [-0.4, -0.2) is 18.4 Å². The Hall–Kier alpha value is -7.95. The highest BCUT2D eigenvalue weighted by Gasteiger charge is 2.26. The third-order valence-electron chi connectivity index (χ3n) is 13.4. The van der Waals surface area contributed by atoms with Crippen LogP contribution in [0.5, 0.6) is 0 Å². The van der Waals surface area contributed by atoms with Crippen molar-refractivity contribution in [2.75, 3.05) is 0 Å². The SMILES string of the molecule is c1ccc(-n2c3ccccc3c3cc(-c4cc5ccccc5c5c6cccc7c8nc9c(cc8n(c45)c76)c4cc5ccccc5c5c6ccccc6n9c45)ccc32)cc1. The first kappa shape index (κ1) is 30.2. The minimum atomic E-state index is 1.01. The van der Waals surface area contributed by atoms with E-state index in [1.54, 1.807) is 0 Å². The molecule has 59 heavy (non-hydrogen) atoms. The van der Waals surface area contributed by atoms with Crippen molar-refractivity contribution in [1.29, 1.82) is 0 Å². The van der Waals surface area contributed by atoms with E-state index in [1.807, 2.05) is 0 Å². The predicted molar refractivity (Wildman–Crippen MR) is 248 cm³/mol. The third kappa shape index (κ3) is 3.60. The maximum atomic E-state index is 5.72. The molecular formula is C55H30N4. The smallest absolute Gasteiger partial charge is 0.146 e. The molecule has 0 amide bonds. The van der Waals surface area contributed by atoms with Gasteiger partial charge in [0.05, 0.1) is 44.1 Å². The highest BCUT2D eigenvalue weighted by molar-refractivity contribution is 6.34. The first-order valence-corrected chi connectivity index (χ1v) is 20.4. The van der Waals surface area contributed by atoms with Crippen LogP contribution in [0.2, 0.25) is 0 Å². The van der Waals surface area contributed by atoms with E-state index in [9.17, 15) is 0 Å². The van der Waals surface area contributed by atoms with Gasteiger partial charge in [-0.15, -0.1) is 0 Å². The molecular weight excluding hydrogens is 717 g/mol. The summed E-state index contributed by atoms with van der Waals surface area (Å²) >= 11 is 0. The lowest BCUT2D eigenvalue weighted by atomic mass is 9.95. The van der Waals surface area contributed by atoms with Crippen LogP contribution < -0.4 is 0 Å². The molecule has 0 saturated carbocycles. The van der Waals surface area contributed by atoms with Crippen molar-refractivity contribution >= 4 is 120 Å². The lowest BCUT2D eigenvalue weighted by molar-refractivity contribution is 1.18. The summed E-state index contributed by atoms with van der Waals surface area (Å²) in [5.74, 6) is 0. The molecule has 0 N–H and O–H groups in total. The van der Waals surface area contributed by atoms with E-state index in [-0.39, 0.29) is 0 Å². The Labute approximate surface area is 335 Å². The molecule has 0 unspecified atom stereocenters. The number of hydrogen-bond acceptors (Lipinski definition) is 1. The maximum Gasteiger partial charge on any atom is 0.146 e. The summed E-state index contributed by atoms with van der Waals surface area (Å²) in [7, 11) is 0. The molecule has 9 aromatic carbocycles. The fourth-order valence-corrected chi connectivity index (χ4v) is 11.1. The topological polar surface area (TPSA) is 26.6 Å². The Bertz CT molecular complexity index is 4300. The van der Waals surface area contributed by atoms with E-state index in [0.717, 1.165) is 22.4 Å². The van der Waals surface area contributed by atoms with Crippen molar-refractivity contribution in [1.82, 2.24) is 18.4 Å². The Morgan fingerprint density at radius 3 is 1.81 bits per heavy atom. The molecule has 0 radical (unpaired) electrons. The lowest BCUT2D eigenvalue weighted by Gasteiger charge is -2.11. The second-order valence-corrected chi connectivity index (χ2v) is 16.3. The zero-order valence-electron chi connectivity index (χ0n) is 31.6. The second-order valence-electron chi connectivity index (χ2n) is 16.3. The van der Waals surface area contributed by atoms with Gasteiger partial charge in [0, 0.05) is 59.7 Å². The normalized spacial score (nSPS) is 12.7. The molecule has 0 spiro atoms. The lowest BCUT2D eigenvalue weighted by Crippen LogP contribution is -1.93. The van der Waals surface area contributed by atoms with E-state index in [0.29, 0.717) is 0 Å². The molecule has 0 fully saturated rings. The number of benzene rings is 9. The summed E-state index contributed by atoms with van der Waals surface area (Å²) in [6, 6.07) is 67.2. The van der Waals surface area contributed by atoms with Crippen LogP contribution in [0.4, 0.5) is 0 Å². The predicted octanol–water partition coefficient (Wildman–Crippen LogP) is 14.5. The summed E-state index contributed by atoms with van der Waals surface area (Å²) in [5, 5.41) is 16.3. The van der Waals surface area contributed by atoms with Gasteiger partial charge in [-0.2, -0.15) is 0 Å². The monoisotopic (exact) mass is 746 g/mol. The Balaban J connectivity index is 1.12. The summed E-state index contributed by atoms with van der Waals surface area (Å²) in [6.07, 6.45) is 0. The van der Waals surface area contributed by atoms with Crippen LogP contribution in [0.1, 0.15) is 0 Å². The fourth-order valence-electron chi connectivity index (χ4n) is 11.1. The summed E-state index contributed by atoms with van der Waals surface area (Å²) in [5.41, 5.74) is 14.1. The zero-order valence-corrected chi connectivity index (χ0v) is 31.6. The number of aromatic nitrogens is 4. The van der Waals surface area contributed by atoms with Gasteiger partial charge in [0.15, 0.2) is 0 Å². The van der Waals surface area contributed by atoms with Crippen LogP contribution in [0.15, 0.2) is 182 Å². The number of para-hydroxylation sites is 4. The van der Waals surface area contributed by atoms with Gasteiger partial charge in [-0.05, 0) is 81.7 Å². The van der Waals surface area contributed by atoms with Gasteiger partial charge in [0.2, 0.25) is 0 Å². The Morgan fingerprint density at radius 1 is 0.339 bits per heavy atom. The first-order valence-electron chi connectivity index (χ1n) is 20.4. The van der Waals surface area contributed by atoms with Gasteiger partial charge < -0.3 is 8.97 Å². The molecule has 6 heterocycles. The van der Waals surface area contributed by atoms with Crippen molar-refractivity contribution in [3.63, 3.8) is 0 Å². The van der Waals surface area contributed by atoms with Gasteiger partial charge in [-0.1, -0.05) is 127 Å². The average molecular weight is 747 g/mol. The highest BCUT2D eigenvalue weighted by atomic mass is 15.0. The van der Waals surface area contributed by atoms with E-state index in [2.05, 4.69) is 195 Å². The minimum Gasteiger partial charge on any atom is -0.309 e. The highest BCUT2D eigenvalue weighted by Crippen LogP contribution is 2.48. The quantitative estimate of drug-likeness (QED) is 0.173. The number of hydrogen-bond donors (Lipinski definition) is 0. The third-order valence-corrected chi connectivity index (χ3v) is 13.4. The van der Waals surface area contributed by atoms with E-state index < -0.39 is 0 Å². The van der Waals surface area contributed by atoms with Gasteiger partial charge in [-0.3, -0.25) is 4.40 Å².